The SMILES string of the molecule is CCCCn1c(-c2ccccc2)nc(-c2ccccc2)c1CN(Cc1ccc2c(c1)OCO2)CC1CCC(O)CC1. The van der Waals surface area contributed by atoms with Crippen molar-refractivity contribution < 1.29 is 14.6 Å². The lowest BCUT2D eigenvalue weighted by atomic mass is 9.87. The first-order valence-corrected chi connectivity index (χ1v) is 15.2. The zero-order chi connectivity index (χ0) is 28.0. The molecule has 1 saturated carbocycles. The molecule has 1 N–H and O–H groups in total. The van der Waals surface area contributed by atoms with Gasteiger partial charge in [0.05, 0.1) is 17.5 Å². The van der Waals surface area contributed by atoms with Gasteiger partial charge in [-0.15, -0.1) is 0 Å². The quantitative estimate of drug-likeness (QED) is 0.212. The smallest absolute Gasteiger partial charge is 0.231 e. The highest BCUT2D eigenvalue weighted by Crippen LogP contribution is 2.35. The van der Waals surface area contributed by atoms with Crippen LogP contribution in [0, 0.1) is 5.92 Å². The lowest BCUT2D eigenvalue weighted by Gasteiger charge is -2.32. The highest BCUT2D eigenvalue weighted by molar-refractivity contribution is 5.68. The molecule has 2 heterocycles. The van der Waals surface area contributed by atoms with E-state index >= 15 is 0 Å². The highest BCUT2D eigenvalue weighted by Gasteiger charge is 2.26. The van der Waals surface area contributed by atoms with Gasteiger partial charge in [0.2, 0.25) is 6.79 Å². The number of hydrogen-bond acceptors (Lipinski definition) is 5. The van der Waals surface area contributed by atoms with Gasteiger partial charge in [0, 0.05) is 37.3 Å². The van der Waals surface area contributed by atoms with Gasteiger partial charge in [-0.25, -0.2) is 4.98 Å². The molecule has 1 aliphatic heterocycles. The number of fused-ring (bicyclic) bond motifs is 1. The summed E-state index contributed by atoms with van der Waals surface area (Å²) in [6.45, 7) is 6.05. The molecular weight excluding hydrogens is 510 g/mol. The Balaban J connectivity index is 1.39. The molecule has 41 heavy (non-hydrogen) atoms. The van der Waals surface area contributed by atoms with Crippen molar-refractivity contribution in [3.05, 3.63) is 90.1 Å². The van der Waals surface area contributed by atoms with Crippen LogP contribution < -0.4 is 9.47 Å². The van der Waals surface area contributed by atoms with E-state index in [2.05, 4.69) is 89.2 Å². The first-order valence-electron chi connectivity index (χ1n) is 15.2. The Morgan fingerprint density at radius 1 is 0.854 bits per heavy atom. The summed E-state index contributed by atoms with van der Waals surface area (Å²) in [7, 11) is 0. The van der Waals surface area contributed by atoms with Crippen molar-refractivity contribution in [2.75, 3.05) is 13.3 Å². The summed E-state index contributed by atoms with van der Waals surface area (Å²) in [5, 5.41) is 10.2. The summed E-state index contributed by atoms with van der Waals surface area (Å²) in [5.74, 6) is 3.25. The van der Waals surface area contributed by atoms with E-state index in [-0.39, 0.29) is 12.9 Å². The Kier molecular flexibility index (Phi) is 8.68. The third-order valence-corrected chi connectivity index (χ3v) is 8.44. The van der Waals surface area contributed by atoms with Crippen LogP contribution in [0.25, 0.3) is 22.6 Å². The number of aromatic nitrogens is 2. The number of hydrogen-bond donors (Lipinski definition) is 1. The molecule has 6 heteroatoms. The number of aliphatic hydroxyl groups excluding tert-OH is 1. The third kappa shape index (κ3) is 6.50. The van der Waals surface area contributed by atoms with Crippen molar-refractivity contribution in [2.24, 2.45) is 5.92 Å². The van der Waals surface area contributed by atoms with E-state index in [1.165, 1.54) is 11.3 Å². The molecular formula is C35H41N3O3. The van der Waals surface area contributed by atoms with Crippen LogP contribution in [0.15, 0.2) is 78.9 Å². The van der Waals surface area contributed by atoms with Gasteiger partial charge < -0.3 is 19.1 Å². The standard InChI is InChI=1S/C35H41N3O3/c1-2-3-20-38-31(34(28-10-6-4-7-11-28)36-35(38)29-12-8-5-9-13-29)24-37(22-26-14-17-30(39)18-15-26)23-27-16-19-32-33(21-27)41-25-40-32/h4-13,16,19,21,26,30,39H,2-3,14-15,17-18,20,22-25H2,1H3. The Morgan fingerprint density at radius 3 is 2.29 bits per heavy atom. The molecule has 0 radical (unpaired) electrons. The number of nitrogens with zero attached hydrogens (tertiary/aromatic N) is 3. The summed E-state index contributed by atoms with van der Waals surface area (Å²) < 4.78 is 13.8. The highest BCUT2D eigenvalue weighted by atomic mass is 16.7. The zero-order valence-corrected chi connectivity index (χ0v) is 24.0. The van der Waals surface area contributed by atoms with Crippen molar-refractivity contribution in [1.29, 1.82) is 0 Å². The van der Waals surface area contributed by atoms with E-state index in [1.807, 2.05) is 6.07 Å². The van der Waals surface area contributed by atoms with Crippen LogP contribution >= 0.6 is 0 Å². The topological polar surface area (TPSA) is 59.8 Å². The number of unbranched alkanes of at least 4 members (excludes halogenated alkanes) is 1. The molecule has 3 aromatic carbocycles. The molecule has 1 aliphatic carbocycles. The maximum absolute atomic E-state index is 10.2. The Hall–Kier alpha value is -3.61. The summed E-state index contributed by atoms with van der Waals surface area (Å²) in [5.41, 5.74) is 5.85. The van der Waals surface area contributed by atoms with E-state index in [0.29, 0.717) is 5.92 Å². The fraction of sp³-hybridized carbons (Fsp3) is 0.400. The van der Waals surface area contributed by atoms with Crippen LogP contribution in [0.1, 0.15) is 56.7 Å². The second-order valence-corrected chi connectivity index (χ2v) is 11.5. The van der Waals surface area contributed by atoms with Crippen molar-refractivity contribution in [1.82, 2.24) is 14.5 Å². The summed E-state index contributed by atoms with van der Waals surface area (Å²) >= 11 is 0. The molecule has 214 valence electrons. The number of benzene rings is 3. The molecule has 1 aromatic heterocycles. The number of ether oxygens (including phenoxy) is 2. The Bertz CT molecular complexity index is 1410. The summed E-state index contributed by atoms with van der Waals surface area (Å²) in [4.78, 5) is 7.92. The summed E-state index contributed by atoms with van der Waals surface area (Å²) in [6, 6.07) is 27.5. The normalized spacial score (nSPS) is 18.2. The molecule has 1 fully saturated rings. The average Bonchev–Trinajstić information content (AvgIpc) is 3.62. The van der Waals surface area contributed by atoms with Gasteiger partial charge in [0.1, 0.15) is 5.82 Å². The number of aliphatic hydroxyl groups is 1. The van der Waals surface area contributed by atoms with Gasteiger partial charge in [-0.3, -0.25) is 4.90 Å². The van der Waals surface area contributed by atoms with Gasteiger partial charge >= 0.3 is 0 Å². The minimum absolute atomic E-state index is 0.151. The molecule has 0 atom stereocenters. The Labute approximate surface area is 243 Å². The van der Waals surface area contributed by atoms with E-state index < -0.39 is 0 Å². The second kappa shape index (κ2) is 12.9. The Morgan fingerprint density at radius 2 is 1.56 bits per heavy atom. The minimum atomic E-state index is -0.151. The van der Waals surface area contributed by atoms with Gasteiger partial charge in [0.25, 0.3) is 0 Å². The van der Waals surface area contributed by atoms with E-state index in [0.717, 1.165) is 98.8 Å². The molecule has 0 amide bonds. The molecule has 4 aromatic rings. The lowest BCUT2D eigenvalue weighted by molar-refractivity contribution is 0.0903. The van der Waals surface area contributed by atoms with Crippen LogP contribution in [0.4, 0.5) is 0 Å². The van der Waals surface area contributed by atoms with Crippen molar-refractivity contribution in [2.45, 2.75) is 71.2 Å². The van der Waals surface area contributed by atoms with Crippen LogP contribution in [0.2, 0.25) is 0 Å². The lowest BCUT2D eigenvalue weighted by Crippen LogP contribution is -2.32. The maximum Gasteiger partial charge on any atom is 0.231 e. The number of rotatable bonds is 11. The van der Waals surface area contributed by atoms with E-state index in [1.54, 1.807) is 0 Å². The maximum atomic E-state index is 10.2. The fourth-order valence-electron chi connectivity index (χ4n) is 6.23. The average molecular weight is 552 g/mol. The molecule has 0 spiro atoms. The number of imidazole rings is 1. The zero-order valence-electron chi connectivity index (χ0n) is 24.0. The van der Waals surface area contributed by atoms with Crippen LogP contribution in [-0.4, -0.2) is 39.0 Å². The molecule has 0 saturated heterocycles. The third-order valence-electron chi connectivity index (χ3n) is 8.44. The predicted octanol–water partition coefficient (Wildman–Crippen LogP) is 7.30. The van der Waals surface area contributed by atoms with Gasteiger partial charge in [0.15, 0.2) is 11.5 Å². The largest absolute Gasteiger partial charge is 0.454 e. The van der Waals surface area contributed by atoms with Crippen molar-refractivity contribution in [3.8, 4) is 34.1 Å². The molecule has 0 bridgehead atoms. The van der Waals surface area contributed by atoms with Gasteiger partial charge in [-0.05, 0) is 55.7 Å². The van der Waals surface area contributed by atoms with Crippen LogP contribution in [0.5, 0.6) is 11.5 Å². The molecule has 6 nitrogen and oxygen atoms in total. The van der Waals surface area contributed by atoms with E-state index in [9.17, 15) is 5.11 Å². The van der Waals surface area contributed by atoms with Gasteiger partial charge in [-0.2, -0.15) is 0 Å². The molecule has 2 aliphatic rings. The predicted molar refractivity (Wildman–Crippen MR) is 163 cm³/mol. The van der Waals surface area contributed by atoms with Crippen molar-refractivity contribution in [3.63, 3.8) is 0 Å². The fourth-order valence-corrected chi connectivity index (χ4v) is 6.23. The van der Waals surface area contributed by atoms with Crippen LogP contribution in [-0.2, 0) is 19.6 Å². The summed E-state index contributed by atoms with van der Waals surface area (Å²) in [6.07, 6.45) is 5.98. The first-order chi connectivity index (χ1) is 20.2. The molecule has 0 unspecified atom stereocenters. The van der Waals surface area contributed by atoms with Gasteiger partial charge in [-0.1, -0.05) is 80.1 Å². The van der Waals surface area contributed by atoms with Crippen molar-refractivity contribution >= 4 is 0 Å². The van der Waals surface area contributed by atoms with Crippen LogP contribution in [0.3, 0.4) is 0 Å². The second-order valence-electron chi connectivity index (χ2n) is 11.5. The van der Waals surface area contributed by atoms with E-state index in [4.69, 9.17) is 14.5 Å². The monoisotopic (exact) mass is 551 g/mol. The molecule has 6 rings (SSSR count). The minimum Gasteiger partial charge on any atom is -0.454 e. The first kappa shape index (κ1) is 27.6.